The van der Waals surface area contributed by atoms with E-state index in [1.807, 2.05) is 36.4 Å². The molecule has 3 aromatic heterocycles. The van der Waals surface area contributed by atoms with Crippen LogP contribution in [-0.4, -0.2) is 40.8 Å². The molecule has 0 radical (unpaired) electrons. The van der Waals surface area contributed by atoms with Crippen LogP contribution in [0, 0.1) is 6.92 Å². The summed E-state index contributed by atoms with van der Waals surface area (Å²) in [7, 11) is 3.39. The standard InChI is InChI=1S/C23H22N4O2S2/c1-5-14-10-11-19(30-14)18-12-16(15-8-6-7-9-17(15)25-18)21(28)26-23-24-13(2)20(31-23)22(29)27(3)4/h6-12H,5H2,1-4H3,(H,24,26,28). The monoisotopic (exact) mass is 450 g/mol. The van der Waals surface area contributed by atoms with Crippen LogP contribution < -0.4 is 5.32 Å². The first kappa shape index (κ1) is 21.1. The number of anilines is 1. The molecule has 0 aliphatic carbocycles. The van der Waals surface area contributed by atoms with E-state index in [9.17, 15) is 9.59 Å². The van der Waals surface area contributed by atoms with E-state index in [-0.39, 0.29) is 11.8 Å². The summed E-state index contributed by atoms with van der Waals surface area (Å²) in [5.74, 6) is -0.402. The van der Waals surface area contributed by atoms with Gasteiger partial charge >= 0.3 is 0 Å². The molecule has 3 heterocycles. The van der Waals surface area contributed by atoms with Gasteiger partial charge in [0, 0.05) is 24.4 Å². The van der Waals surface area contributed by atoms with Crippen molar-refractivity contribution >= 4 is 50.5 Å². The Balaban J connectivity index is 1.72. The van der Waals surface area contributed by atoms with E-state index in [2.05, 4.69) is 23.3 Å². The highest BCUT2D eigenvalue weighted by Gasteiger charge is 2.20. The number of hydrogen-bond donors (Lipinski definition) is 1. The van der Waals surface area contributed by atoms with Gasteiger partial charge in [-0.2, -0.15) is 0 Å². The number of carbonyl (C=O) groups excluding carboxylic acids is 2. The molecule has 0 aliphatic rings. The lowest BCUT2D eigenvalue weighted by molar-refractivity contribution is 0.0831. The van der Waals surface area contributed by atoms with Crippen LogP contribution >= 0.6 is 22.7 Å². The minimum atomic E-state index is -0.273. The topological polar surface area (TPSA) is 75.2 Å². The van der Waals surface area contributed by atoms with Crippen LogP contribution in [0.15, 0.2) is 42.5 Å². The van der Waals surface area contributed by atoms with Gasteiger partial charge in [0.2, 0.25) is 0 Å². The van der Waals surface area contributed by atoms with E-state index < -0.39 is 0 Å². The zero-order valence-electron chi connectivity index (χ0n) is 17.7. The second-order valence-electron chi connectivity index (χ2n) is 7.28. The molecule has 1 aromatic carbocycles. The highest BCUT2D eigenvalue weighted by Crippen LogP contribution is 2.31. The second kappa shape index (κ2) is 8.56. The molecule has 0 spiro atoms. The lowest BCUT2D eigenvalue weighted by Crippen LogP contribution is -2.21. The number of nitrogens with zero attached hydrogens (tertiary/aromatic N) is 3. The van der Waals surface area contributed by atoms with Crippen LogP contribution in [-0.2, 0) is 6.42 Å². The number of hydrogen-bond acceptors (Lipinski definition) is 6. The van der Waals surface area contributed by atoms with Crippen LogP contribution in [0.2, 0.25) is 0 Å². The van der Waals surface area contributed by atoms with E-state index in [4.69, 9.17) is 4.98 Å². The minimum Gasteiger partial charge on any atom is -0.344 e. The smallest absolute Gasteiger partial charge is 0.265 e. The number of thiazole rings is 1. The number of amides is 2. The van der Waals surface area contributed by atoms with Gasteiger partial charge in [0.1, 0.15) is 4.88 Å². The summed E-state index contributed by atoms with van der Waals surface area (Å²) in [6.45, 7) is 3.89. The molecular weight excluding hydrogens is 428 g/mol. The predicted octanol–water partition coefficient (Wildman–Crippen LogP) is 5.24. The number of carbonyl (C=O) groups is 2. The maximum absolute atomic E-state index is 13.2. The van der Waals surface area contributed by atoms with Crippen molar-refractivity contribution in [1.82, 2.24) is 14.9 Å². The van der Waals surface area contributed by atoms with Crippen LogP contribution in [0.3, 0.4) is 0 Å². The molecule has 0 fully saturated rings. The number of rotatable bonds is 5. The quantitative estimate of drug-likeness (QED) is 0.451. The van der Waals surface area contributed by atoms with E-state index >= 15 is 0 Å². The van der Waals surface area contributed by atoms with Gasteiger partial charge in [-0.25, -0.2) is 9.97 Å². The third-order valence-corrected chi connectivity index (χ3v) is 7.15. The van der Waals surface area contributed by atoms with E-state index in [0.717, 1.165) is 27.9 Å². The molecule has 4 aromatic rings. The molecule has 0 saturated heterocycles. The summed E-state index contributed by atoms with van der Waals surface area (Å²) in [5, 5.41) is 4.05. The van der Waals surface area contributed by atoms with Crippen molar-refractivity contribution in [2.45, 2.75) is 20.3 Å². The van der Waals surface area contributed by atoms with Gasteiger partial charge in [0.05, 0.1) is 27.3 Å². The van der Waals surface area contributed by atoms with Gasteiger partial charge in [-0.1, -0.05) is 36.5 Å². The number of nitrogens with one attached hydrogen (secondary N) is 1. The average molecular weight is 451 g/mol. The summed E-state index contributed by atoms with van der Waals surface area (Å²) >= 11 is 2.87. The maximum Gasteiger partial charge on any atom is 0.265 e. The molecule has 0 saturated carbocycles. The molecule has 0 bridgehead atoms. The Labute approximate surface area is 188 Å². The van der Waals surface area contributed by atoms with Gasteiger partial charge in [-0.15, -0.1) is 11.3 Å². The number of thiophene rings is 1. The maximum atomic E-state index is 13.2. The van der Waals surface area contributed by atoms with Gasteiger partial charge in [0.15, 0.2) is 5.13 Å². The largest absolute Gasteiger partial charge is 0.344 e. The van der Waals surface area contributed by atoms with Crippen molar-refractivity contribution in [1.29, 1.82) is 0 Å². The van der Waals surface area contributed by atoms with Gasteiger partial charge < -0.3 is 4.90 Å². The number of fused-ring (bicyclic) bond motifs is 1. The molecule has 4 rings (SSSR count). The van der Waals surface area contributed by atoms with Gasteiger partial charge in [-0.05, 0) is 37.6 Å². The Morgan fingerprint density at radius 3 is 2.55 bits per heavy atom. The second-order valence-corrected chi connectivity index (χ2v) is 9.45. The molecule has 0 atom stereocenters. The summed E-state index contributed by atoms with van der Waals surface area (Å²) in [4.78, 5) is 39.0. The molecule has 31 heavy (non-hydrogen) atoms. The fraction of sp³-hybridized carbons (Fsp3) is 0.217. The fourth-order valence-corrected chi connectivity index (χ4v) is 5.10. The summed E-state index contributed by atoms with van der Waals surface area (Å²) in [5.41, 5.74) is 2.66. The molecule has 158 valence electrons. The molecule has 0 unspecified atom stereocenters. The van der Waals surface area contributed by atoms with Crippen molar-refractivity contribution in [3.8, 4) is 10.6 Å². The van der Waals surface area contributed by atoms with Crippen molar-refractivity contribution < 1.29 is 9.59 Å². The van der Waals surface area contributed by atoms with Crippen LogP contribution in [0.5, 0.6) is 0 Å². The minimum absolute atomic E-state index is 0.128. The average Bonchev–Trinajstić information content (AvgIpc) is 3.38. The van der Waals surface area contributed by atoms with Crippen LogP contribution in [0.4, 0.5) is 5.13 Å². The van der Waals surface area contributed by atoms with E-state index in [1.165, 1.54) is 21.1 Å². The zero-order chi connectivity index (χ0) is 22.1. The number of para-hydroxylation sites is 1. The number of pyridine rings is 1. The Morgan fingerprint density at radius 1 is 1.06 bits per heavy atom. The summed E-state index contributed by atoms with van der Waals surface area (Å²) in [6.07, 6.45) is 0.961. The van der Waals surface area contributed by atoms with Crippen molar-refractivity contribution in [2.75, 3.05) is 19.4 Å². The third kappa shape index (κ3) is 4.22. The molecule has 0 aliphatic heterocycles. The first-order valence-corrected chi connectivity index (χ1v) is 11.5. The van der Waals surface area contributed by atoms with Crippen LogP contribution in [0.25, 0.3) is 21.5 Å². The Bertz CT molecular complexity index is 1290. The number of aromatic nitrogens is 2. The Kier molecular flexibility index (Phi) is 5.84. The lowest BCUT2D eigenvalue weighted by atomic mass is 10.1. The highest BCUT2D eigenvalue weighted by atomic mass is 32.1. The number of benzene rings is 1. The summed E-state index contributed by atoms with van der Waals surface area (Å²) in [6, 6.07) is 13.6. The molecular formula is C23H22N4O2S2. The van der Waals surface area contributed by atoms with Crippen molar-refractivity contribution in [3.63, 3.8) is 0 Å². The first-order chi connectivity index (χ1) is 14.9. The van der Waals surface area contributed by atoms with E-state index in [1.54, 1.807) is 32.4 Å². The Hall–Kier alpha value is -3.10. The molecule has 6 nitrogen and oxygen atoms in total. The molecule has 1 N–H and O–H groups in total. The zero-order valence-corrected chi connectivity index (χ0v) is 19.4. The van der Waals surface area contributed by atoms with Crippen molar-refractivity contribution in [3.05, 3.63) is 63.5 Å². The Morgan fingerprint density at radius 2 is 1.84 bits per heavy atom. The van der Waals surface area contributed by atoms with Gasteiger partial charge in [-0.3, -0.25) is 14.9 Å². The highest BCUT2D eigenvalue weighted by molar-refractivity contribution is 7.17. The van der Waals surface area contributed by atoms with Crippen molar-refractivity contribution in [2.24, 2.45) is 0 Å². The normalized spacial score (nSPS) is 11.0. The lowest BCUT2D eigenvalue weighted by Gasteiger charge is -2.09. The fourth-order valence-electron chi connectivity index (χ4n) is 3.21. The SMILES string of the molecule is CCc1ccc(-c2cc(C(=O)Nc3nc(C)c(C(=O)N(C)C)s3)c3ccccc3n2)s1. The predicted molar refractivity (Wildman–Crippen MR) is 127 cm³/mol. The third-order valence-electron chi connectivity index (χ3n) is 4.84. The number of aryl methyl sites for hydroxylation is 2. The molecule has 8 heteroatoms. The first-order valence-electron chi connectivity index (χ1n) is 9.86. The summed E-state index contributed by atoms with van der Waals surface area (Å²) < 4.78 is 0. The van der Waals surface area contributed by atoms with E-state index in [0.29, 0.717) is 21.3 Å². The van der Waals surface area contributed by atoms with Gasteiger partial charge in [0.25, 0.3) is 11.8 Å². The van der Waals surface area contributed by atoms with Crippen LogP contribution in [0.1, 0.15) is 37.5 Å². The molecule has 2 amide bonds.